The van der Waals surface area contributed by atoms with Crippen molar-refractivity contribution in [1.29, 1.82) is 0 Å². The van der Waals surface area contributed by atoms with Crippen LogP contribution in [0.5, 0.6) is 5.75 Å². The third kappa shape index (κ3) is 9.31. The molecule has 4 amide bonds. The minimum atomic E-state index is -0.954. The molecule has 2 aromatic rings. The average molecular weight is 637 g/mol. The highest BCUT2D eigenvalue weighted by Crippen LogP contribution is 2.25. The molecule has 2 aromatic carbocycles. The van der Waals surface area contributed by atoms with Crippen LogP contribution >= 0.6 is 0 Å². The molecule has 4 rings (SSSR count). The Kier molecular flexibility index (Phi) is 11.4. The predicted molar refractivity (Wildman–Crippen MR) is 171 cm³/mol. The Morgan fingerprint density at radius 3 is 2.48 bits per heavy atom. The number of hydrogen-bond donors (Lipinski definition) is 1. The van der Waals surface area contributed by atoms with Crippen molar-refractivity contribution in [3.05, 3.63) is 77.6 Å². The standard InChI is InChI=1S/C35H45FN4O6/c1-6-7-13-38-23-26(19-31(38)41)32(42)37-28(17-25-16-27(36)20-29(18-25)45-5)21-30-33(43)39(22-24-11-9-8-10-12-24)14-15-40(30)34(44)46-35(2,3)4/h6-12,16,18,20,26,28,30H,13-15,17,19,21-23H2,1-5H3,(H,37,42)/t26?,28-,30-/m0/s1. The van der Waals surface area contributed by atoms with Crippen LogP contribution in [-0.4, -0.2) is 89.5 Å². The van der Waals surface area contributed by atoms with Gasteiger partial charge in [0.15, 0.2) is 0 Å². The lowest BCUT2D eigenvalue weighted by Crippen LogP contribution is -2.60. The summed E-state index contributed by atoms with van der Waals surface area (Å²) in [4.78, 5) is 58.5. The summed E-state index contributed by atoms with van der Waals surface area (Å²) in [5, 5.41) is 3.05. The van der Waals surface area contributed by atoms with Gasteiger partial charge in [-0.25, -0.2) is 9.18 Å². The molecular weight excluding hydrogens is 591 g/mol. The second-order valence-electron chi connectivity index (χ2n) is 12.8. The van der Waals surface area contributed by atoms with Crippen molar-refractivity contribution >= 4 is 23.8 Å². The maximum atomic E-state index is 14.5. The Bertz CT molecular complexity index is 1430. The highest BCUT2D eigenvalue weighted by Gasteiger charge is 2.42. The number of nitrogens with zero attached hydrogens (tertiary/aromatic N) is 3. The number of methoxy groups -OCH3 is 1. The lowest BCUT2D eigenvalue weighted by molar-refractivity contribution is -0.143. The number of rotatable bonds is 11. The quantitative estimate of drug-likeness (QED) is 0.368. The summed E-state index contributed by atoms with van der Waals surface area (Å²) in [7, 11) is 1.44. The van der Waals surface area contributed by atoms with Crippen LogP contribution in [0.4, 0.5) is 9.18 Å². The van der Waals surface area contributed by atoms with Crippen molar-refractivity contribution in [2.45, 2.75) is 71.2 Å². The van der Waals surface area contributed by atoms with E-state index in [0.29, 0.717) is 30.9 Å². The Labute approximate surface area is 270 Å². The fourth-order valence-electron chi connectivity index (χ4n) is 5.85. The highest BCUT2D eigenvalue weighted by atomic mass is 19.1. The minimum absolute atomic E-state index is 0.0525. The number of allylic oxidation sites excluding steroid dienone is 1. The molecule has 2 saturated heterocycles. The first-order chi connectivity index (χ1) is 21.9. The van der Waals surface area contributed by atoms with E-state index in [2.05, 4.69) is 5.32 Å². The summed E-state index contributed by atoms with van der Waals surface area (Å²) in [6.07, 6.45) is 3.37. The van der Waals surface area contributed by atoms with Crippen molar-refractivity contribution < 1.29 is 33.0 Å². The number of halogens is 1. The molecule has 0 bridgehead atoms. The third-order valence-electron chi connectivity index (χ3n) is 8.08. The zero-order valence-corrected chi connectivity index (χ0v) is 27.3. The summed E-state index contributed by atoms with van der Waals surface area (Å²) >= 11 is 0. The van der Waals surface area contributed by atoms with Crippen LogP contribution in [0, 0.1) is 11.7 Å². The van der Waals surface area contributed by atoms with Crippen molar-refractivity contribution in [2.24, 2.45) is 5.92 Å². The fraction of sp³-hybridized carbons (Fsp3) is 0.486. The number of nitrogens with one attached hydrogen (secondary N) is 1. The highest BCUT2D eigenvalue weighted by molar-refractivity contribution is 5.90. The average Bonchev–Trinajstić information content (AvgIpc) is 3.37. The van der Waals surface area contributed by atoms with Crippen molar-refractivity contribution in [3.63, 3.8) is 0 Å². The lowest BCUT2D eigenvalue weighted by atomic mass is 9.95. The van der Waals surface area contributed by atoms with E-state index in [9.17, 15) is 23.6 Å². The van der Waals surface area contributed by atoms with Crippen LogP contribution in [-0.2, 0) is 32.1 Å². The zero-order valence-electron chi connectivity index (χ0n) is 27.3. The lowest BCUT2D eigenvalue weighted by Gasteiger charge is -2.42. The number of benzene rings is 2. The van der Waals surface area contributed by atoms with Crippen molar-refractivity contribution in [2.75, 3.05) is 33.3 Å². The largest absolute Gasteiger partial charge is 0.497 e. The number of carbonyl (C=O) groups excluding carboxylic acids is 4. The molecule has 2 aliphatic heterocycles. The first kappa shape index (κ1) is 34.5. The van der Waals surface area contributed by atoms with Crippen LogP contribution in [0.2, 0.25) is 0 Å². The molecule has 2 heterocycles. The molecule has 0 aliphatic carbocycles. The smallest absolute Gasteiger partial charge is 0.411 e. The van der Waals surface area contributed by atoms with Crippen molar-refractivity contribution in [1.82, 2.24) is 20.0 Å². The van der Waals surface area contributed by atoms with Gasteiger partial charge in [-0.2, -0.15) is 0 Å². The normalized spacial score (nSPS) is 19.5. The van der Waals surface area contributed by atoms with E-state index in [-0.39, 0.29) is 50.1 Å². The van der Waals surface area contributed by atoms with Crippen LogP contribution in [0.25, 0.3) is 0 Å². The fourth-order valence-corrected chi connectivity index (χ4v) is 5.85. The molecule has 0 spiro atoms. The first-order valence-electron chi connectivity index (χ1n) is 15.7. The van der Waals surface area contributed by atoms with Gasteiger partial charge in [0.2, 0.25) is 17.7 Å². The van der Waals surface area contributed by atoms with E-state index in [0.717, 1.165) is 5.56 Å². The Hall–Kier alpha value is -4.41. The van der Waals surface area contributed by atoms with Gasteiger partial charge in [-0.05, 0) is 63.8 Å². The minimum Gasteiger partial charge on any atom is -0.497 e. The maximum absolute atomic E-state index is 14.5. The van der Waals surface area contributed by atoms with Gasteiger partial charge in [0.05, 0.1) is 13.0 Å². The van der Waals surface area contributed by atoms with Gasteiger partial charge in [0.1, 0.15) is 23.2 Å². The SMILES string of the molecule is CC=CCN1CC(C(=O)N[C@@H](Cc2cc(F)cc(OC)c2)C[C@H]2C(=O)N(Cc3ccccc3)CCN2C(=O)OC(C)(C)C)CC1=O. The van der Waals surface area contributed by atoms with Crippen LogP contribution in [0.1, 0.15) is 51.7 Å². The third-order valence-corrected chi connectivity index (χ3v) is 8.08. The number of hydrogen-bond acceptors (Lipinski definition) is 6. The van der Waals surface area contributed by atoms with E-state index >= 15 is 0 Å². The van der Waals surface area contributed by atoms with Crippen LogP contribution in [0.15, 0.2) is 60.7 Å². The van der Waals surface area contributed by atoms with Gasteiger partial charge in [-0.15, -0.1) is 0 Å². The molecule has 11 heteroatoms. The Morgan fingerprint density at radius 2 is 1.80 bits per heavy atom. The summed E-state index contributed by atoms with van der Waals surface area (Å²) in [5.41, 5.74) is 0.712. The van der Waals surface area contributed by atoms with Gasteiger partial charge in [0.25, 0.3) is 0 Å². The van der Waals surface area contributed by atoms with E-state index in [4.69, 9.17) is 9.47 Å². The van der Waals surface area contributed by atoms with Crippen molar-refractivity contribution in [3.8, 4) is 5.75 Å². The van der Waals surface area contributed by atoms with Crippen LogP contribution < -0.4 is 10.1 Å². The summed E-state index contributed by atoms with van der Waals surface area (Å²) in [5.74, 6) is -1.48. The summed E-state index contributed by atoms with van der Waals surface area (Å²) in [6.45, 7) is 8.75. The maximum Gasteiger partial charge on any atom is 0.411 e. The monoisotopic (exact) mass is 636 g/mol. The van der Waals surface area contributed by atoms with Gasteiger partial charge in [-0.3, -0.25) is 19.3 Å². The van der Waals surface area contributed by atoms with Crippen LogP contribution in [0.3, 0.4) is 0 Å². The number of carbonyl (C=O) groups is 4. The molecule has 3 atom stereocenters. The molecule has 2 fully saturated rings. The molecule has 2 aliphatic rings. The molecule has 0 radical (unpaired) electrons. The topological polar surface area (TPSA) is 108 Å². The number of amides is 4. The molecule has 248 valence electrons. The summed E-state index contributed by atoms with van der Waals surface area (Å²) in [6, 6.07) is 12.2. The molecule has 1 unspecified atom stereocenters. The second-order valence-corrected chi connectivity index (χ2v) is 12.8. The second kappa shape index (κ2) is 15.2. The van der Waals surface area contributed by atoms with Gasteiger partial charge >= 0.3 is 6.09 Å². The number of likely N-dealkylation sites (tertiary alicyclic amines) is 1. The first-order valence-corrected chi connectivity index (χ1v) is 15.7. The van der Waals surface area contributed by atoms with E-state index in [1.807, 2.05) is 49.4 Å². The summed E-state index contributed by atoms with van der Waals surface area (Å²) < 4.78 is 25.5. The number of ether oxygens (including phenoxy) is 2. The molecule has 1 N–H and O–H groups in total. The van der Waals surface area contributed by atoms with E-state index < -0.39 is 35.5 Å². The van der Waals surface area contributed by atoms with E-state index in [1.165, 1.54) is 24.1 Å². The predicted octanol–water partition coefficient (Wildman–Crippen LogP) is 4.32. The molecule has 10 nitrogen and oxygen atoms in total. The van der Waals surface area contributed by atoms with Gasteiger partial charge in [0, 0.05) is 51.3 Å². The number of piperazine rings is 1. The molecular formula is C35H45FN4O6. The molecule has 0 aromatic heterocycles. The molecule has 0 saturated carbocycles. The molecule has 46 heavy (non-hydrogen) atoms. The van der Waals surface area contributed by atoms with Gasteiger partial charge in [-0.1, -0.05) is 42.5 Å². The zero-order chi connectivity index (χ0) is 33.4. The van der Waals surface area contributed by atoms with Gasteiger partial charge < -0.3 is 24.6 Å². The Morgan fingerprint density at radius 1 is 1.07 bits per heavy atom. The van der Waals surface area contributed by atoms with E-state index in [1.54, 1.807) is 36.6 Å². The Balaban J connectivity index is 1.63.